The highest BCUT2D eigenvalue weighted by atomic mass is 32.1. The van der Waals surface area contributed by atoms with Gasteiger partial charge in [-0.3, -0.25) is 9.59 Å². The van der Waals surface area contributed by atoms with Crippen LogP contribution in [0.1, 0.15) is 84.3 Å². The van der Waals surface area contributed by atoms with Gasteiger partial charge in [0.25, 0.3) is 0 Å². The third-order valence-corrected chi connectivity index (χ3v) is 8.92. The van der Waals surface area contributed by atoms with Gasteiger partial charge in [0.05, 0.1) is 46.9 Å². The molecule has 2 aliphatic heterocycles. The van der Waals surface area contributed by atoms with Crippen LogP contribution in [0.3, 0.4) is 0 Å². The topological polar surface area (TPSA) is 113 Å². The predicted molar refractivity (Wildman–Crippen MR) is 139 cm³/mol. The van der Waals surface area contributed by atoms with Gasteiger partial charge in [-0.25, -0.2) is 4.98 Å². The molecule has 1 aromatic rings. The molecular formula is C28H40N2O5S. The number of rotatable bonds is 2. The van der Waals surface area contributed by atoms with Crippen molar-refractivity contribution in [2.45, 2.75) is 104 Å². The Balaban J connectivity index is 1.89. The van der Waals surface area contributed by atoms with Crippen molar-refractivity contribution >= 4 is 29.2 Å². The second kappa shape index (κ2) is 11.1. The summed E-state index contributed by atoms with van der Waals surface area (Å²) in [5, 5.41) is 23.7. The molecule has 8 heteroatoms. The fourth-order valence-electron chi connectivity index (χ4n) is 5.29. The monoisotopic (exact) mass is 516 g/mol. The maximum atomic E-state index is 13.4. The van der Waals surface area contributed by atoms with Gasteiger partial charge in [0.1, 0.15) is 11.9 Å². The van der Waals surface area contributed by atoms with Gasteiger partial charge in [-0.2, -0.15) is 5.26 Å². The minimum atomic E-state index is -1.11. The van der Waals surface area contributed by atoms with Crippen LogP contribution >= 0.6 is 11.3 Å². The van der Waals surface area contributed by atoms with Gasteiger partial charge in [-0.15, -0.1) is 11.3 Å². The Bertz CT molecular complexity index is 1040. The Hall–Kier alpha value is -2.08. The molecule has 2 fully saturated rings. The molecule has 0 aliphatic carbocycles. The Labute approximate surface area is 218 Å². The highest BCUT2D eigenvalue weighted by Crippen LogP contribution is 2.45. The third-order valence-electron chi connectivity index (χ3n) is 8.13. The quantitative estimate of drug-likeness (QED) is 0.421. The number of hydrogen-bond donors (Lipinski definition) is 1. The van der Waals surface area contributed by atoms with E-state index < -0.39 is 35.4 Å². The van der Waals surface area contributed by atoms with E-state index in [4.69, 9.17) is 9.47 Å². The smallest absolute Gasteiger partial charge is 0.307 e. The molecule has 0 spiro atoms. The molecule has 0 saturated carbocycles. The summed E-state index contributed by atoms with van der Waals surface area (Å²) in [5.41, 5.74) is 0.270. The number of aromatic nitrogens is 1. The summed E-state index contributed by atoms with van der Waals surface area (Å²) in [6, 6.07) is 2.16. The normalized spacial score (nSPS) is 36.5. The van der Waals surface area contributed by atoms with Crippen LogP contribution in [0.25, 0.3) is 6.08 Å². The number of carbonyl (C=O) groups is 2. The lowest BCUT2D eigenvalue weighted by Crippen LogP contribution is -2.43. The summed E-state index contributed by atoms with van der Waals surface area (Å²) in [6.45, 7) is 13.0. The summed E-state index contributed by atoms with van der Waals surface area (Å²) >= 11 is 1.56. The van der Waals surface area contributed by atoms with E-state index in [1.54, 1.807) is 32.1 Å². The molecular weight excluding hydrogens is 476 g/mol. The predicted octanol–water partition coefficient (Wildman–Crippen LogP) is 5.26. The lowest BCUT2D eigenvalue weighted by Gasteiger charge is -2.34. The van der Waals surface area contributed by atoms with Crippen LogP contribution in [-0.2, 0) is 19.1 Å². The van der Waals surface area contributed by atoms with E-state index in [9.17, 15) is 20.0 Å². The van der Waals surface area contributed by atoms with Crippen LogP contribution < -0.4 is 0 Å². The number of ether oxygens (including phenoxy) is 2. The highest BCUT2D eigenvalue weighted by Gasteiger charge is 2.53. The summed E-state index contributed by atoms with van der Waals surface area (Å²) < 4.78 is 12.0. The zero-order chi connectivity index (χ0) is 26.8. The third kappa shape index (κ3) is 6.42. The van der Waals surface area contributed by atoms with Gasteiger partial charge >= 0.3 is 5.97 Å². The number of hydrogen-bond acceptors (Lipinski definition) is 8. The number of aliphatic hydroxyl groups is 1. The van der Waals surface area contributed by atoms with Crippen molar-refractivity contribution in [2.75, 3.05) is 0 Å². The van der Waals surface area contributed by atoms with Crippen LogP contribution in [0.2, 0.25) is 0 Å². The SMILES string of the molecule is CC(=Cc1csc(C)n1)C1C[C@@H]2OC2(C)CCC[C@H](C)[C@H](O)[C@@H](C)C(=O)C(C)(C)C(C#N)CC(=O)O1. The molecule has 1 N–H and O–H groups in total. The van der Waals surface area contributed by atoms with Gasteiger partial charge in [0, 0.05) is 23.1 Å². The average molecular weight is 517 g/mol. The molecule has 0 aromatic carbocycles. The standard InChI is InChI=1S/C28H40N2O5S/c1-16-9-8-10-28(7)23(35-28)13-22(17(2)11-21-15-36-19(4)30-21)34-24(31)12-20(14-29)27(5,6)26(33)18(3)25(16)32/h11,15-16,18,20,22-23,25,32H,8-10,12-13H2,1-7H3/t16-,18+,20?,22?,23-,25-,28?/m0/s1. The van der Waals surface area contributed by atoms with Crippen molar-refractivity contribution < 1.29 is 24.2 Å². The molecule has 0 bridgehead atoms. The molecule has 7 atom stereocenters. The van der Waals surface area contributed by atoms with Crippen LogP contribution in [0.4, 0.5) is 0 Å². The number of ketones is 1. The lowest BCUT2D eigenvalue weighted by atomic mass is 9.69. The Morgan fingerprint density at radius 3 is 2.61 bits per heavy atom. The maximum Gasteiger partial charge on any atom is 0.307 e. The second-order valence-corrected chi connectivity index (χ2v) is 12.5. The molecule has 0 radical (unpaired) electrons. The summed E-state index contributed by atoms with van der Waals surface area (Å²) in [6.07, 6.45) is 3.32. The first-order valence-electron chi connectivity index (χ1n) is 12.9. The van der Waals surface area contributed by atoms with E-state index in [2.05, 4.69) is 18.0 Å². The number of cyclic esters (lactones) is 1. The molecule has 1 aromatic heterocycles. The molecule has 7 nitrogen and oxygen atoms in total. The molecule has 2 saturated heterocycles. The van der Waals surface area contributed by atoms with Gasteiger partial charge in [-0.1, -0.05) is 34.1 Å². The minimum absolute atomic E-state index is 0.0485. The van der Waals surface area contributed by atoms with Crippen molar-refractivity contribution in [1.82, 2.24) is 4.98 Å². The van der Waals surface area contributed by atoms with Gasteiger partial charge < -0.3 is 14.6 Å². The fraction of sp³-hybridized carbons (Fsp3) is 0.714. The van der Waals surface area contributed by atoms with Crippen molar-refractivity contribution in [3.05, 3.63) is 21.7 Å². The highest BCUT2D eigenvalue weighted by molar-refractivity contribution is 7.09. The largest absolute Gasteiger partial charge is 0.458 e. The number of carbonyl (C=O) groups excluding carboxylic acids is 2. The summed E-state index contributed by atoms with van der Waals surface area (Å²) in [5.74, 6) is -2.32. The van der Waals surface area contributed by atoms with Crippen LogP contribution in [0, 0.1) is 41.4 Å². The number of fused-ring (bicyclic) bond motifs is 1. The number of nitriles is 1. The Kier molecular flexibility index (Phi) is 8.80. The van der Waals surface area contributed by atoms with Crippen molar-refractivity contribution in [3.63, 3.8) is 0 Å². The minimum Gasteiger partial charge on any atom is -0.458 e. The molecule has 198 valence electrons. The number of epoxide rings is 1. The maximum absolute atomic E-state index is 13.4. The van der Waals surface area contributed by atoms with Crippen molar-refractivity contribution in [3.8, 4) is 6.07 Å². The first-order chi connectivity index (χ1) is 16.8. The van der Waals surface area contributed by atoms with E-state index in [-0.39, 0.29) is 29.8 Å². The zero-order valence-corrected chi connectivity index (χ0v) is 23.4. The molecule has 3 rings (SSSR count). The van der Waals surface area contributed by atoms with E-state index >= 15 is 0 Å². The lowest BCUT2D eigenvalue weighted by molar-refractivity contribution is -0.150. The van der Waals surface area contributed by atoms with Crippen LogP contribution in [0.15, 0.2) is 11.0 Å². The number of aliphatic hydroxyl groups excluding tert-OH is 1. The Morgan fingerprint density at radius 1 is 1.31 bits per heavy atom. The van der Waals surface area contributed by atoms with E-state index in [1.165, 1.54) is 0 Å². The van der Waals surface area contributed by atoms with Crippen molar-refractivity contribution in [2.24, 2.45) is 23.2 Å². The zero-order valence-electron chi connectivity index (χ0n) is 22.5. The van der Waals surface area contributed by atoms with Gasteiger partial charge in [0.2, 0.25) is 0 Å². The van der Waals surface area contributed by atoms with E-state index in [0.29, 0.717) is 6.42 Å². The number of nitrogens with zero attached hydrogens (tertiary/aromatic N) is 2. The van der Waals surface area contributed by atoms with Crippen LogP contribution in [-0.4, -0.2) is 45.8 Å². The summed E-state index contributed by atoms with van der Waals surface area (Å²) in [7, 11) is 0. The van der Waals surface area contributed by atoms with Crippen molar-refractivity contribution in [1.29, 1.82) is 5.26 Å². The molecule has 2 aliphatic rings. The number of aryl methyl sites for hydroxylation is 1. The van der Waals surface area contributed by atoms with E-state index in [0.717, 1.165) is 35.5 Å². The fourth-order valence-corrected chi connectivity index (χ4v) is 5.86. The molecule has 3 heterocycles. The van der Waals surface area contributed by atoms with Gasteiger partial charge in [-0.05, 0) is 51.2 Å². The number of esters is 1. The number of Topliss-reactive ketones (excluding diaryl/α,β-unsaturated/α-hetero) is 1. The number of thiazole rings is 1. The summed E-state index contributed by atoms with van der Waals surface area (Å²) in [4.78, 5) is 31.0. The van der Waals surface area contributed by atoms with Crippen LogP contribution in [0.5, 0.6) is 0 Å². The molecule has 3 unspecified atom stereocenters. The van der Waals surface area contributed by atoms with Gasteiger partial charge in [0.15, 0.2) is 0 Å². The van der Waals surface area contributed by atoms with E-state index in [1.807, 2.05) is 32.2 Å². The Morgan fingerprint density at radius 2 is 2.00 bits per heavy atom. The average Bonchev–Trinajstić information content (AvgIpc) is 3.26. The molecule has 36 heavy (non-hydrogen) atoms. The first kappa shape index (κ1) is 28.5. The second-order valence-electron chi connectivity index (χ2n) is 11.4. The molecule has 0 amide bonds. The first-order valence-corrected chi connectivity index (χ1v) is 13.8.